The Kier molecular flexibility index (Phi) is 5.71. The third-order valence-electron chi connectivity index (χ3n) is 4.50. The van der Waals surface area contributed by atoms with Gasteiger partial charge in [-0.2, -0.15) is 5.26 Å². The van der Waals surface area contributed by atoms with Crippen LogP contribution < -0.4 is 10.1 Å². The number of ether oxygens (including phenoxy) is 1. The molecular formula is C21H24N3O+. The fourth-order valence-corrected chi connectivity index (χ4v) is 3.16. The lowest BCUT2D eigenvalue weighted by Gasteiger charge is -2.03. The van der Waals surface area contributed by atoms with Crippen LogP contribution in [0.1, 0.15) is 17.5 Å². The van der Waals surface area contributed by atoms with Gasteiger partial charge in [-0.05, 0) is 23.8 Å². The molecule has 0 fully saturated rings. The van der Waals surface area contributed by atoms with Gasteiger partial charge in [-0.25, -0.2) is 0 Å². The number of nitrogens with two attached hydrogens (primary N) is 1. The van der Waals surface area contributed by atoms with Crippen molar-refractivity contribution in [1.82, 2.24) is 4.57 Å². The van der Waals surface area contributed by atoms with E-state index in [-0.39, 0.29) is 0 Å². The highest BCUT2D eigenvalue weighted by Crippen LogP contribution is 2.21. The maximum absolute atomic E-state index is 8.84. The summed E-state index contributed by atoms with van der Waals surface area (Å²) < 4.78 is 7.39. The number of hydrogen-bond donors (Lipinski definition) is 1. The average molecular weight is 334 g/mol. The molecule has 0 unspecified atom stereocenters. The van der Waals surface area contributed by atoms with Crippen LogP contribution in [0.15, 0.2) is 54.7 Å². The van der Waals surface area contributed by atoms with E-state index in [9.17, 15) is 0 Å². The molecule has 2 N–H and O–H groups in total. The molecule has 4 heteroatoms. The van der Waals surface area contributed by atoms with E-state index in [1.54, 1.807) is 7.11 Å². The van der Waals surface area contributed by atoms with Gasteiger partial charge in [-0.3, -0.25) is 0 Å². The van der Waals surface area contributed by atoms with Crippen molar-refractivity contribution in [3.8, 4) is 11.8 Å². The maximum atomic E-state index is 8.84. The van der Waals surface area contributed by atoms with Crippen molar-refractivity contribution in [3.63, 3.8) is 0 Å². The van der Waals surface area contributed by atoms with Gasteiger partial charge in [0.25, 0.3) is 0 Å². The number of quaternary nitrogens is 1. The minimum absolute atomic E-state index is 0.541. The molecule has 0 aliphatic rings. The first-order valence-electron chi connectivity index (χ1n) is 8.70. The van der Waals surface area contributed by atoms with Gasteiger partial charge in [0, 0.05) is 35.6 Å². The lowest BCUT2D eigenvalue weighted by molar-refractivity contribution is -0.669. The van der Waals surface area contributed by atoms with E-state index < -0.39 is 0 Å². The fraction of sp³-hybridized carbons (Fsp3) is 0.286. The molecule has 1 aromatic heterocycles. The highest BCUT2D eigenvalue weighted by atomic mass is 16.5. The topological polar surface area (TPSA) is 54.6 Å². The Morgan fingerprint density at radius 2 is 1.92 bits per heavy atom. The standard InChI is InChI=1S/C21H23N3O/c1-25-19-9-7-17(8-10-19)11-13-23-15-18-16-24(14-4-12-22)21-6-3-2-5-20(18)21/h2-3,5-10,16,23H,4,11,13-15H2,1H3/p+1. The first kappa shape index (κ1) is 17.1. The first-order valence-corrected chi connectivity index (χ1v) is 8.70. The molecule has 0 bridgehead atoms. The Morgan fingerprint density at radius 3 is 2.68 bits per heavy atom. The molecule has 128 valence electrons. The van der Waals surface area contributed by atoms with Crippen LogP contribution in [0.5, 0.6) is 5.75 Å². The Morgan fingerprint density at radius 1 is 1.12 bits per heavy atom. The smallest absolute Gasteiger partial charge is 0.118 e. The second-order valence-electron chi connectivity index (χ2n) is 6.15. The summed E-state index contributed by atoms with van der Waals surface area (Å²) in [6.45, 7) is 2.75. The number of rotatable bonds is 8. The van der Waals surface area contributed by atoms with Gasteiger partial charge >= 0.3 is 0 Å². The Balaban J connectivity index is 1.60. The summed E-state index contributed by atoms with van der Waals surface area (Å²) in [5.74, 6) is 0.901. The van der Waals surface area contributed by atoms with Crippen LogP contribution in [0.2, 0.25) is 0 Å². The molecule has 25 heavy (non-hydrogen) atoms. The molecule has 3 rings (SSSR count). The van der Waals surface area contributed by atoms with Crippen LogP contribution in [0, 0.1) is 11.3 Å². The number of aromatic nitrogens is 1. The van der Waals surface area contributed by atoms with E-state index in [2.05, 4.69) is 58.5 Å². The van der Waals surface area contributed by atoms with Crippen molar-refractivity contribution in [2.24, 2.45) is 0 Å². The number of fused-ring (bicyclic) bond motifs is 1. The predicted molar refractivity (Wildman–Crippen MR) is 99.4 cm³/mol. The molecule has 1 heterocycles. The van der Waals surface area contributed by atoms with E-state index in [1.807, 2.05) is 12.1 Å². The molecule has 0 saturated carbocycles. The molecule has 0 saturated heterocycles. The van der Waals surface area contributed by atoms with E-state index in [0.717, 1.165) is 31.8 Å². The van der Waals surface area contributed by atoms with E-state index in [4.69, 9.17) is 10.00 Å². The summed E-state index contributed by atoms with van der Waals surface area (Å²) in [6.07, 6.45) is 3.78. The summed E-state index contributed by atoms with van der Waals surface area (Å²) in [4.78, 5) is 0. The Labute approximate surface area is 148 Å². The van der Waals surface area contributed by atoms with Gasteiger partial charge in [0.05, 0.1) is 26.1 Å². The minimum Gasteiger partial charge on any atom is -0.497 e. The molecular weight excluding hydrogens is 310 g/mol. The highest BCUT2D eigenvalue weighted by Gasteiger charge is 2.09. The third-order valence-corrected chi connectivity index (χ3v) is 4.50. The van der Waals surface area contributed by atoms with Crippen LogP contribution >= 0.6 is 0 Å². The van der Waals surface area contributed by atoms with E-state index >= 15 is 0 Å². The molecule has 0 radical (unpaired) electrons. The zero-order valence-corrected chi connectivity index (χ0v) is 14.6. The normalized spacial score (nSPS) is 10.7. The van der Waals surface area contributed by atoms with Gasteiger partial charge in [0.2, 0.25) is 0 Å². The molecule has 0 spiro atoms. The minimum atomic E-state index is 0.541. The fourth-order valence-electron chi connectivity index (χ4n) is 3.16. The summed E-state index contributed by atoms with van der Waals surface area (Å²) >= 11 is 0. The van der Waals surface area contributed by atoms with Crippen molar-refractivity contribution in [1.29, 1.82) is 5.26 Å². The van der Waals surface area contributed by atoms with Crippen LogP contribution in [0.4, 0.5) is 0 Å². The van der Waals surface area contributed by atoms with Crippen LogP contribution in [0.25, 0.3) is 10.9 Å². The zero-order chi connectivity index (χ0) is 17.5. The lowest BCUT2D eigenvalue weighted by Crippen LogP contribution is -2.83. The number of nitriles is 1. The predicted octanol–water partition coefficient (Wildman–Crippen LogP) is 2.87. The Bertz CT molecular complexity index is 859. The molecule has 0 aliphatic carbocycles. The molecule has 0 atom stereocenters. The number of nitrogens with zero attached hydrogens (tertiary/aromatic N) is 2. The number of methoxy groups -OCH3 is 1. The largest absolute Gasteiger partial charge is 0.497 e. The number of aryl methyl sites for hydroxylation is 1. The second kappa shape index (κ2) is 8.36. The van der Waals surface area contributed by atoms with Crippen molar-refractivity contribution >= 4 is 10.9 Å². The maximum Gasteiger partial charge on any atom is 0.118 e. The van der Waals surface area contributed by atoms with Crippen LogP contribution in [0.3, 0.4) is 0 Å². The van der Waals surface area contributed by atoms with Crippen molar-refractivity contribution < 1.29 is 10.1 Å². The third kappa shape index (κ3) is 4.20. The monoisotopic (exact) mass is 334 g/mol. The van der Waals surface area contributed by atoms with Crippen molar-refractivity contribution in [2.75, 3.05) is 13.7 Å². The zero-order valence-electron chi connectivity index (χ0n) is 14.6. The van der Waals surface area contributed by atoms with Gasteiger partial charge in [0.1, 0.15) is 12.3 Å². The molecule has 3 aromatic rings. The number of hydrogen-bond acceptors (Lipinski definition) is 2. The summed E-state index contributed by atoms with van der Waals surface area (Å²) in [5.41, 5.74) is 3.88. The van der Waals surface area contributed by atoms with Gasteiger partial charge in [-0.15, -0.1) is 0 Å². The summed E-state index contributed by atoms with van der Waals surface area (Å²) in [5, 5.41) is 12.5. The second-order valence-corrected chi connectivity index (χ2v) is 6.15. The van der Waals surface area contributed by atoms with Gasteiger partial charge in [-0.1, -0.05) is 30.3 Å². The molecule has 2 aromatic carbocycles. The van der Waals surface area contributed by atoms with Crippen LogP contribution in [-0.4, -0.2) is 18.2 Å². The molecule has 4 nitrogen and oxygen atoms in total. The van der Waals surface area contributed by atoms with E-state index in [0.29, 0.717) is 6.42 Å². The van der Waals surface area contributed by atoms with Crippen LogP contribution in [-0.2, 0) is 19.5 Å². The van der Waals surface area contributed by atoms with E-state index in [1.165, 1.54) is 22.0 Å². The first-order chi connectivity index (χ1) is 12.3. The summed E-state index contributed by atoms with van der Waals surface area (Å²) in [7, 11) is 1.69. The SMILES string of the molecule is COc1ccc(CC[NH2+]Cc2cn(CCC#N)c3ccccc23)cc1. The van der Waals surface area contributed by atoms with Gasteiger partial charge in [0.15, 0.2) is 0 Å². The van der Waals surface area contributed by atoms with Gasteiger partial charge < -0.3 is 14.6 Å². The van der Waals surface area contributed by atoms with Crippen molar-refractivity contribution in [3.05, 3.63) is 65.9 Å². The van der Waals surface area contributed by atoms with Crippen molar-refractivity contribution in [2.45, 2.75) is 25.9 Å². The summed E-state index contributed by atoms with van der Waals surface area (Å²) in [6, 6.07) is 18.9. The number of para-hydroxylation sites is 1. The quantitative estimate of drug-likeness (QED) is 0.644. The Hall–Kier alpha value is -2.77. The highest BCUT2D eigenvalue weighted by molar-refractivity contribution is 5.83. The number of benzene rings is 2. The molecule has 0 aliphatic heterocycles. The average Bonchev–Trinajstić information content (AvgIpc) is 3.02. The lowest BCUT2D eigenvalue weighted by atomic mass is 10.1. The molecule has 0 amide bonds.